The minimum absolute atomic E-state index is 0.00601. The molecule has 0 bridgehead atoms. The molecule has 0 saturated carbocycles. The van der Waals surface area contributed by atoms with Crippen LogP contribution in [0.3, 0.4) is 0 Å². The summed E-state index contributed by atoms with van der Waals surface area (Å²) in [5.41, 5.74) is 2.90. The Morgan fingerprint density at radius 2 is 1.88 bits per heavy atom. The Labute approximate surface area is 152 Å². The van der Waals surface area contributed by atoms with Crippen LogP contribution in [0.25, 0.3) is 5.78 Å². The van der Waals surface area contributed by atoms with Crippen LogP contribution in [-0.2, 0) is 0 Å². The van der Waals surface area contributed by atoms with Crippen molar-refractivity contribution < 1.29 is 4.79 Å². The van der Waals surface area contributed by atoms with Crippen LogP contribution in [0.4, 0.5) is 0 Å². The van der Waals surface area contributed by atoms with Crippen LogP contribution >= 0.6 is 0 Å². The lowest BCUT2D eigenvalue weighted by molar-refractivity contribution is 0.0484. The molecule has 0 unspecified atom stereocenters. The maximum absolute atomic E-state index is 13.4. The van der Waals surface area contributed by atoms with Gasteiger partial charge in [0.25, 0.3) is 11.7 Å². The second kappa shape index (κ2) is 6.49. The minimum Gasteiger partial charge on any atom is -0.326 e. The van der Waals surface area contributed by atoms with Crippen molar-refractivity contribution in [3.8, 4) is 0 Å². The van der Waals surface area contributed by atoms with Crippen LogP contribution in [0.2, 0.25) is 0 Å². The highest BCUT2D eigenvalue weighted by Gasteiger charge is 2.33. The van der Waals surface area contributed by atoms with E-state index < -0.39 is 0 Å². The van der Waals surface area contributed by atoms with Crippen molar-refractivity contribution in [1.82, 2.24) is 29.4 Å². The predicted molar refractivity (Wildman–Crippen MR) is 98.0 cm³/mol. The van der Waals surface area contributed by atoms with E-state index in [0.717, 1.165) is 30.0 Å². The number of nitrogens with zero attached hydrogens (tertiary/aromatic N) is 6. The molecule has 1 fully saturated rings. The first kappa shape index (κ1) is 16.7. The summed E-state index contributed by atoms with van der Waals surface area (Å²) in [5, 5.41) is 8.28. The molecule has 26 heavy (non-hydrogen) atoms. The fourth-order valence-electron chi connectivity index (χ4n) is 3.62. The van der Waals surface area contributed by atoms with E-state index in [-0.39, 0.29) is 11.9 Å². The molecule has 1 saturated heterocycles. The zero-order chi connectivity index (χ0) is 18.3. The smallest absolute Gasteiger partial charge is 0.292 e. The maximum Gasteiger partial charge on any atom is 0.292 e. The minimum atomic E-state index is -0.104. The number of rotatable bonds is 2. The number of piperazine rings is 1. The molecular weight excluding hydrogens is 328 g/mol. The van der Waals surface area contributed by atoms with Gasteiger partial charge in [-0.15, -0.1) is 10.2 Å². The van der Waals surface area contributed by atoms with Gasteiger partial charge in [0, 0.05) is 31.0 Å². The fourth-order valence-corrected chi connectivity index (χ4v) is 3.62. The molecule has 2 aromatic heterocycles. The zero-order valence-electron chi connectivity index (χ0n) is 15.3. The molecule has 3 aromatic rings. The second-order valence-electron chi connectivity index (χ2n) is 6.89. The van der Waals surface area contributed by atoms with Crippen molar-refractivity contribution in [3.63, 3.8) is 0 Å². The summed E-state index contributed by atoms with van der Waals surface area (Å²) in [7, 11) is 2.08. The molecule has 7 nitrogen and oxygen atoms in total. The van der Waals surface area contributed by atoms with Crippen molar-refractivity contribution in [1.29, 1.82) is 0 Å². The molecular formula is C19H22N6O. The average Bonchev–Trinajstić information content (AvgIpc) is 3.06. The third-order valence-electron chi connectivity index (χ3n) is 4.91. The van der Waals surface area contributed by atoms with Gasteiger partial charge in [-0.25, -0.2) is 4.98 Å². The molecule has 1 atom stereocenters. The quantitative estimate of drug-likeness (QED) is 0.706. The Bertz CT molecular complexity index is 951. The zero-order valence-corrected chi connectivity index (χ0v) is 15.3. The SMILES string of the molecule is Cc1cc(C)n2c(C(=O)N3CCN(C)C[C@@H]3c3ccccc3)nnc2n1. The summed E-state index contributed by atoms with van der Waals surface area (Å²) < 4.78 is 1.75. The lowest BCUT2D eigenvalue weighted by Gasteiger charge is -2.40. The number of hydrogen-bond acceptors (Lipinski definition) is 5. The summed E-state index contributed by atoms with van der Waals surface area (Å²) in [6, 6.07) is 12.1. The van der Waals surface area contributed by atoms with Crippen LogP contribution in [0.5, 0.6) is 0 Å². The van der Waals surface area contributed by atoms with E-state index in [1.807, 2.05) is 43.0 Å². The highest BCUT2D eigenvalue weighted by atomic mass is 16.2. The summed E-state index contributed by atoms with van der Waals surface area (Å²) in [6.07, 6.45) is 0. The Morgan fingerprint density at radius 1 is 1.12 bits per heavy atom. The molecule has 134 valence electrons. The molecule has 4 rings (SSSR count). The summed E-state index contributed by atoms with van der Waals surface area (Å²) in [4.78, 5) is 21.9. The monoisotopic (exact) mass is 350 g/mol. The third kappa shape index (κ3) is 2.84. The molecule has 0 aliphatic carbocycles. The number of benzene rings is 1. The van der Waals surface area contributed by atoms with Gasteiger partial charge in [0.05, 0.1) is 6.04 Å². The molecule has 1 aliphatic heterocycles. The number of carbonyl (C=O) groups is 1. The largest absolute Gasteiger partial charge is 0.326 e. The van der Waals surface area contributed by atoms with E-state index in [1.165, 1.54) is 0 Å². The van der Waals surface area contributed by atoms with Crippen LogP contribution in [0.1, 0.15) is 33.6 Å². The molecule has 7 heteroatoms. The summed E-state index contributed by atoms with van der Waals surface area (Å²) in [5.74, 6) is 0.694. The number of fused-ring (bicyclic) bond motifs is 1. The lowest BCUT2D eigenvalue weighted by atomic mass is 10.0. The number of aryl methyl sites for hydroxylation is 2. The van der Waals surface area contributed by atoms with E-state index in [9.17, 15) is 4.79 Å². The van der Waals surface area contributed by atoms with Gasteiger partial charge in [-0.3, -0.25) is 9.20 Å². The van der Waals surface area contributed by atoms with Crippen molar-refractivity contribution in [2.24, 2.45) is 0 Å². The van der Waals surface area contributed by atoms with Gasteiger partial charge in [-0.2, -0.15) is 0 Å². The molecule has 0 spiro atoms. The Hall–Kier alpha value is -2.80. The number of likely N-dealkylation sites (N-methyl/N-ethyl adjacent to an activating group) is 1. The summed E-state index contributed by atoms with van der Waals surface area (Å²) >= 11 is 0. The first-order chi connectivity index (χ1) is 12.5. The van der Waals surface area contributed by atoms with E-state index in [2.05, 4.69) is 39.3 Å². The van der Waals surface area contributed by atoms with Gasteiger partial charge in [0.15, 0.2) is 0 Å². The van der Waals surface area contributed by atoms with Gasteiger partial charge >= 0.3 is 0 Å². The second-order valence-corrected chi connectivity index (χ2v) is 6.89. The van der Waals surface area contributed by atoms with E-state index in [1.54, 1.807) is 4.40 Å². The van der Waals surface area contributed by atoms with Gasteiger partial charge < -0.3 is 9.80 Å². The molecule has 1 aliphatic rings. The number of carbonyl (C=O) groups excluding carboxylic acids is 1. The normalized spacial score (nSPS) is 18.4. The summed E-state index contributed by atoms with van der Waals surface area (Å²) in [6.45, 7) is 6.14. The highest BCUT2D eigenvalue weighted by Crippen LogP contribution is 2.26. The Kier molecular flexibility index (Phi) is 4.16. The first-order valence-corrected chi connectivity index (χ1v) is 8.78. The Balaban J connectivity index is 1.75. The molecule has 0 radical (unpaired) electrons. The molecule has 3 heterocycles. The topological polar surface area (TPSA) is 66.6 Å². The van der Waals surface area contributed by atoms with Gasteiger partial charge in [0.2, 0.25) is 5.82 Å². The van der Waals surface area contributed by atoms with E-state index >= 15 is 0 Å². The van der Waals surface area contributed by atoms with Crippen LogP contribution in [0.15, 0.2) is 36.4 Å². The molecule has 1 amide bonds. The third-order valence-corrected chi connectivity index (χ3v) is 4.91. The van der Waals surface area contributed by atoms with Gasteiger partial charge in [0.1, 0.15) is 0 Å². The number of hydrogen-bond donors (Lipinski definition) is 0. The molecule has 1 aromatic carbocycles. The van der Waals surface area contributed by atoms with Crippen LogP contribution in [-0.4, -0.2) is 62.0 Å². The number of aromatic nitrogens is 4. The number of amides is 1. The highest BCUT2D eigenvalue weighted by molar-refractivity contribution is 5.91. The fraction of sp³-hybridized carbons (Fsp3) is 0.368. The van der Waals surface area contributed by atoms with Crippen molar-refractivity contribution in [2.45, 2.75) is 19.9 Å². The van der Waals surface area contributed by atoms with Gasteiger partial charge in [-0.1, -0.05) is 30.3 Å². The van der Waals surface area contributed by atoms with Crippen LogP contribution < -0.4 is 0 Å². The average molecular weight is 350 g/mol. The molecule has 0 N–H and O–H groups in total. The van der Waals surface area contributed by atoms with Crippen molar-refractivity contribution >= 4 is 11.7 Å². The van der Waals surface area contributed by atoms with Crippen LogP contribution in [0, 0.1) is 13.8 Å². The predicted octanol–water partition coefficient (Wildman–Crippen LogP) is 1.87. The van der Waals surface area contributed by atoms with E-state index in [4.69, 9.17) is 0 Å². The standard InChI is InChI=1S/C19H22N6O/c1-13-11-14(2)25-17(21-22-19(25)20-13)18(26)24-10-9-23(3)12-16(24)15-7-5-4-6-8-15/h4-8,11,16H,9-10,12H2,1-3H3/t16-/m1/s1. The maximum atomic E-state index is 13.4. The van der Waals surface area contributed by atoms with Gasteiger partial charge in [-0.05, 0) is 32.5 Å². The van der Waals surface area contributed by atoms with Crippen molar-refractivity contribution in [3.05, 3.63) is 59.2 Å². The lowest BCUT2D eigenvalue weighted by Crippen LogP contribution is -2.49. The van der Waals surface area contributed by atoms with E-state index in [0.29, 0.717) is 18.1 Å². The Morgan fingerprint density at radius 3 is 2.65 bits per heavy atom. The van der Waals surface area contributed by atoms with Crippen molar-refractivity contribution in [2.75, 3.05) is 26.7 Å². The first-order valence-electron chi connectivity index (χ1n) is 8.78.